The molecule has 0 saturated heterocycles. The lowest BCUT2D eigenvalue weighted by atomic mass is 10.0. The Morgan fingerprint density at radius 3 is 1.96 bits per heavy atom. The molecule has 0 atom stereocenters. The highest BCUT2D eigenvalue weighted by Crippen LogP contribution is 2.31. The average Bonchev–Trinajstić information content (AvgIpc) is 2.68. The first kappa shape index (κ1) is 15.0. The Hall–Kier alpha value is -3.60. The number of pyridine rings is 1. The fourth-order valence-electron chi connectivity index (χ4n) is 2.77. The number of hydrogen-bond acceptors (Lipinski definition) is 4. The number of rotatable bonds is 3. The minimum absolute atomic E-state index is 0.239. The topological polar surface area (TPSA) is 76.0 Å². The first-order chi connectivity index (χ1) is 12.2. The van der Waals surface area contributed by atoms with E-state index in [1.165, 1.54) is 0 Å². The van der Waals surface area contributed by atoms with Crippen LogP contribution in [-0.2, 0) is 0 Å². The van der Waals surface area contributed by atoms with E-state index in [0.29, 0.717) is 16.9 Å². The number of carbonyl (C=O) groups is 1. The van der Waals surface area contributed by atoms with Gasteiger partial charge in [-0.2, -0.15) is 0 Å². The van der Waals surface area contributed by atoms with Crippen molar-refractivity contribution >= 4 is 16.9 Å². The second-order valence-corrected chi connectivity index (χ2v) is 5.49. The minimum Gasteiger partial charge on any atom is -0.475 e. The highest BCUT2D eigenvalue weighted by Gasteiger charge is 2.17. The van der Waals surface area contributed by atoms with Crippen LogP contribution in [-0.4, -0.2) is 26.0 Å². The van der Waals surface area contributed by atoms with Gasteiger partial charge in [-0.05, 0) is 6.07 Å². The van der Waals surface area contributed by atoms with E-state index in [0.717, 1.165) is 16.5 Å². The molecule has 2 aromatic heterocycles. The molecule has 0 aliphatic carbocycles. The van der Waals surface area contributed by atoms with Crippen LogP contribution in [0.15, 0.2) is 72.9 Å². The normalized spacial score (nSPS) is 10.7. The summed E-state index contributed by atoms with van der Waals surface area (Å²) in [5.41, 5.74) is 3.47. The molecule has 120 valence electrons. The predicted octanol–water partition coefficient (Wildman–Crippen LogP) is 4.06. The van der Waals surface area contributed by atoms with Crippen LogP contribution in [0.4, 0.5) is 0 Å². The summed E-state index contributed by atoms with van der Waals surface area (Å²) in [6.07, 6.45) is 1.70. The van der Waals surface area contributed by atoms with Crippen molar-refractivity contribution in [1.82, 2.24) is 15.0 Å². The third-order valence-corrected chi connectivity index (χ3v) is 3.90. The molecule has 4 aromatic rings. The quantitative estimate of drug-likeness (QED) is 0.614. The Morgan fingerprint density at radius 1 is 0.760 bits per heavy atom. The Bertz CT molecular complexity index is 1060. The van der Waals surface area contributed by atoms with Gasteiger partial charge >= 0.3 is 5.97 Å². The Balaban J connectivity index is 2.08. The van der Waals surface area contributed by atoms with Gasteiger partial charge in [0, 0.05) is 22.7 Å². The Morgan fingerprint density at radius 2 is 1.36 bits per heavy atom. The van der Waals surface area contributed by atoms with Gasteiger partial charge < -0.3 is 5.11 Å². The fourth-order valence-corrected chi connectivity index (χ4v) is 2.77. The van der Waals surface area contributed by atoms with E-state index >= 15 is 0 Å². The first-order valence-corrected chi connectivity index (χ1v) is 7.75. The van der Waals surface area contributed by atoms with Crippen LogP contribution in [0.2, 0.25) is 0 Å². The molecular formula is C20H13N3O2. The molecule has 0 amide bonds. The maximum Gasteiger partial charge on any atom is 0.373 e. The van der Waals surface area contributed by atoms with Crippen LogP contribution < -0.4 is 0 Å². The molecular weight excluding hydrogens is 314 g/mol. The highest BCUT2D eigenvalue weighted by atomic mass is 16.4. The maximum absolute atomic E-state index is 11.5. The lowest BCUT2D eigenvalue weighted by molar-refractivity contribution is 0.0684. The smallest absolute Gasteiger partial charge is 0.373 e. The van der Waals surface area contributed by atoms with Crippen LogP contribution in [0.3, 0.4) is 0 Å². The van der Waals surface area contributed by atoms with Crippen LogP contribution >= 0.6 is 0 Å². The summed E-state index contributed by atoms with van der Waals surface area (Å²) in [5.74, 6) is -1.40. The van der Waals surface area contributed by atoms with E-state index in [9.17, 15) is 9.90 Å². The lowest BCUT2D eigenvalue weighted by Crippen LogP contribution is -2.06. The zero-order valence-corrected chi connectivity index (χ0v) is 13.1. The molecule has 0 aliphatic heterocycles. The molecule has 0 bridgehead atoms. The molecule has 0 radical (unpaired) electrons. The molecule has 5 heteroatoms. The number of benzene rings is 2. The molecule has 0 fully saturated rings. The van der Waals surface area contributed by atoms with Crippen LogP contribution in [0.1, 0.15) is 10.6 Å². The monoisotopic (exact) mass is 327 g/mol. The predicted molar refractivity (Wildman–Crippen MR) is 95.2 cm³/mol. The van der Waals surface area contributed by atoms with E-state index in [1.54, 1.807) is 6.20 Å². The summed E-state index contributed by atoms with van der Waals surface area (Å²) in [4.78, 5) is 24.5. The van der Waals surface area contributed by atoms with Crippen LogP contribution in [0.25, 0.3) is 33.4 Å². The van der Waals surface area contributed by atoms with E-state index < -0.39 is 5.97 Å². The fraction of sp³-hybridized carbons (Fsp3) is 0. The third-order valence-electron chi connectivity index (χ3n) is 3.90. The lowest BCUT2D eigenvalue weighted by Gasteiger charge is -2.10. The van der Waals surface area contributed by atoms with Gasteiger partial charge in [0.1, 0.15) is 5.52 Å². The van der Waals surface area contributed by atoms with Crippen molar-refractivity contribution in [2.45, 2.75) is 0 Å². The molecule has 4 rings (SSSR count). The zero-order chi connectivity index (χ0) is 17.2. The van der Waals surface area contributed by atoms with E-state index in [-0.39, 0.29) is 5.82 Å². The van der Waals surface area contributed by atoms with Gasteiger partial charge in [0.2, 0.25) is 5.82 Å². The van der Waals surface area contributed by atoms with Crippen molar-refractivity contribution in [1.29, 1.82) is 0 Å². The molecule has 2 aromatic carbocycles. The molecule has 0 unspecified atom stereocenters. The molecule has 2 heterocycles. The van der Waals surface area contributed by atoms with Gasteiger partial charge in [0.25, 0.3) is 0 Å². The second kappa shape index (κ2) is 6.13. The van der Waals surface area contributed by atoms with Gasteiger partial charge in [0.05, 0.1) is 11.4 Å². The Kier molecular flexibility index (Phi) is 3.67. The van der Waals surface area contributed by atoms with Gasteiger partial charge in [-0.25, -0.2) is 14.8 Å². The minimum atomic E-state index is -1.16. The largest absolute Gasteiger partial charge is 0.475 e. The van der Waals surface area contributed by atoms with Crippen molar-refractivity contribution in [3.63, 3.8) is 0 Å². The van der Waals surface area contributed by atoms with E-state index in [4.69, 9.17) is 0 Å². The van der Waals surface area contributed by atoms with Crippen molar-refractivity contribution in [3.05, 3.63) is 78.8 Å². The van der Waals surface area contributed by atoms with Gasteiger partial charge in [0.15, 0.2) is 0 Å². The molecule has 0 spiro atoms. The van der Waals surface area contributed by atoms with Crippen molar-refractivity contribution in [3.8, 4) is 22.5 Å². The van der Waals surface area contributed by atoms with Crippen LogP contribution in [0, 0.1) is 0 Å². The second-order valence-electron chi connectivity index (χ2n) is 5.49. The SMILES string of the molecule is O=C(O)c1nc(-c2ccccc2)c2ccnc(-c3ccccc3)c2n1. The summed E-state index contributed by atoms with van der Waals surface area (Å²) >= 11 is 0. The van der Waals surface area contributed by atoms with Crippen LogP contribution in [0.5, 0.6) is 0 Å². The summed E-state index contributed by atoms with van der Waals surface area (Å²) in [5, 5.41) is 10.2. The maximum atomic E-state index is 11.5. The summed E-state index contributed by atoms with van der Waals surface area (Å²) < 4.78 is 0. The van der Waals surface area contributed by atoms with Crippen molar-refractivity contribution in [2.24, 2.45) is 0 Å². The molecule has 5 nitrogen and oxygen atoms in total. The van der Waals surface area contributed by atoms with Crippen molar-refractivity contribution < 1.29 is 9.90 Å². The Labute approximate surface area is 143 Å². The first-order valence-electron chi connectivity index (χ1n) is 7.75. The van der Waals surface area contributed by atoms with Crippen molar-refractivity contribution in [2.75, 3.05) is 0 Å². The number of aromatic nitrogens is 3. The standard InChI is InChI=1S/C20H13N3O2/c24-20(25)19-22-16(13-7-3-1-4-8-13)15-11-12-21-17(18(15)23-19)14-9-5-2-6-10-14/h1-12H,(H,24,25). The highest BCUT2D eigenvalue weighted by molar-refractivity contribution is 6.01. The molecule has 0 aliphatic rings. The number of nitrogens with zero attached hydrogens (tertiary/aromatic N) is 3. The molecule has 1 N–H and O–H groups in total. The summed E-state index contributed by atoms with van der Waals surface area (Å²) in [6, 6.07) is 20.9. The number of carboxylic acid groups (broad SMARTS) is 1. The molecule has 25 heavy (non-hydrogen) atoms. The molecule has 0 saturated carbocycles. The average molecular weight is 327 g/mol. The zero-order valence-electron chi connectivity index (χ0n) is 13.1. The number of aromatic carboxylic acids is 1. The third kappa shape index (κ3) is 2.72. The van der Waals surface area contributed by atoms with Gasteiger partial charge in [-0.15, -0.1) is 0 Å². The number of hydrogen-bond donors (Lipinski definition) is 1. The van der Waals surface area contributed by atoms with Gasteiger partial charge in [-0.3, -0.25) is 4.98 Å². The summed E-state index contributed by atoms with van der Waals surface area (Å²) in [6.45, 7) is 0. The summed E-state index contributed by atoms with van der Waals surface area (Å²) in [7, 11) is 0. The van der Waals surface area contributed by atoms with E-state index in [2.05, 4.69) is 15.0 Å². The number of fused-ring (bicyclic) bond motifs is 1. The van der Waals surface area contributed by atoms with E-state index in [1.807, 2.05) is 66.7 Å². The number of carboxylic acids is 1. The van der Waals surface area contributed by atoms with Gasteiger partial charge in [-0.1, -0.05) is 60.7 Å².